The number of methoxy groups -OCH3 is 1. The minimum Gasteiger partial charge on any atom is -0.383 e. The van der Waals surface area contributed by atoms with E-state index in [0.29, 0.717) is 18.3 Å². The Kier molecular flexibility index (Phi) is 5.06. The molecule has 1 unspecified atom stereocenters. The van der Waals surface area contributed by atoms with E-state index in [9.17, 15) is 0 Å². The van der Waals surface area contributed by atoms with Gasteiger partial charge in [-0.2, -0.15) is 0 Å². The molecule has 1 atom stereocenters. The highest BCUT2D eigenvalue weighted by Gasteiger charge is 2.03. The van der Waals surface area contributed by atoms with Crippen molar-refractivity contribution < 1.29 is 4.74 Å². The van der Waals surface area contributed by atoms with Crippen LogP contribution in [0, 0.1) is 0 Å². The largest absolute Gasteiger partial charge is 0.383 e. The van der Waals surface area contributed by atoms with Gasteiger partial charge in [0.25, 0.3) is 0 Å². The summed E-state index contributed by atoms with van der Waals surface area (Å²) in [5.74, 6) is 0.860. The summed E-state index contributed by atoms with van der Waals surface area (Å²) in [5, 5.41) is 6.75. The van der Waals surface area contributed by atoms with Gasteiger partial charge in [0.15, 0.2) is 5.11 Å². The molecule has 15 heavy (non-hydrogen) atoms. The molecule has 0 amide bonds. The van der Waals surface area contributed by atoms with Crippen LogP contribution in [-0.4, -0.2) is 34.8 Å². The summed E-state index contributed by atoms with van der Waals surface area (Å²) in [6, 6.07) is 0.201. The van der Waals surface area contributed by atoms with Crippen LogP contribution in [-0.2, 0) is 11.3 Å². The van der Waals surface area contributed by atoms with Gasteiger partial charge in [0, 0.05) is 25.5 Å². The van der Waals surface area contributed by atoms with Gasteiger partial charge in [-0.05, 0) is 19.1 Å². The lowest BCUT2D eigenvalue weighted by molar-refractivity contribution is 0.179. The number of ether oxygens (including phenoxy) is 1. The second-order valence-electron chi connectivity index (χ2n) is 3.22. The van der Waals surface area contributed by atoms with Gasteiger partial charge in [-0.25, -0.2) is 4.98 Å². The van der Waals surface area contributed by atoms with Crippen LogP contribution in [0.5, 0.6) is 0 Å². The van der Waals surface area contributed by atoms with Crippen LogP contribution in [0.2, 0.25) is 0 Å². The maximum Gasteiger partial charge on any atom is 0.166 e. The number of nitrogens with one attached hydrogen (secondary N) is 3. The molecule has 0 radical (unpaired) electrons. The second kappa shape index (κ2) is 6.36. The second-order valence-corrected chi connectivity index (χ2v) is 3.63. The Morgan fingerprint density at radius 3 is 3.13 bits per heavy atom. The molecular formula is C9H16N4OS. The van der Waals surface area contributed by atoms with Gasteiger partial charge < -0.3 is 20.4 Å². The lowest BCUT2D eigenvalue weighted by Crippen LogP contribution is -2.42. The Hall–Kier alpha value is -1.14. The predicted molar refractivity (Wildman–Crippen MR) is 62.5 cm³/mol. The fraction of sp³-hybridized carbons (Fsp3) is 0.556. The van der Waals surface area contributed by atoms with Crippen LogP contribution in [0.25, 0.3) is 0 Å². The van der Waals surface area contributed by atoms with Gasteiger partial charge in [0.1, 0.15) is 5.82 Å². The van der Waals surface area contributed by atoms with Crippen LogP contribution in [0.3, 0.4) is 0 Å². The van der Waals surface area contributed by atoms with Crippen LogP contribution in [0.4, 0.5) is 0 Å². The lowest BCUT2D eigenvalue weighted by Gasteiger charge is -2.15. The fourth-order valence-corrected chi connectivity index (χ4v) is 1.40. The maximum atomic E-state index is 5.10. The topological polar surface area (TPSA) is 62.0 Å². The average Bonchev–Trinajstić information content (AvgIpc) is 2.67. The minimum absolute atomic E-state index is 0.201. The standard InChI is InChI=1S/C9H16N4OS/c1-7(6-14-2)13-9(15)12-5-8-10-3-4-11-8/h3-4,7H,5-6H2,1-2H3,(H,10,11)(H2,12,13,15). The summed E-state index contributed by atoms with van der Waals surface area (Å²) in [6.07, 6.45) is 3.49. The third-order valence-electron chi connectivity index (χ3n) is 1.77. The smallest absolute Gasteiger partial charge is 0.166 e. The molecule has 1 aromatic rings. The van der Waals surface area contributed by atoms with Gasteiger partial charge in [-0.3, -0.25) is 0 Å². The van der Waals surface area contributed by atoms with Crippen LogP contribution in [0.15, 0.2) is 12.4 Å². The van der Waals surface area contributed by atoms with Crippen molar-refractivity contribution in [2.45, 2.75) is 19.5 Å². The zero-order valence-corrected chi connectivity index (χ0v) is 9.73. The summed E-state index contributed by atoms with van der Waals surface area (Å²) in [6.45, 7) is 3.23. The summed E-state index contributed by atoms with van der Waals surface area (Å²) in [4.78, 5) is 7.06. The van der Waals surface area contributed by atoms with Crippen molar-refractivity contribution in [3.05, 3.63) is 18.2 Å². The average molecular weight is 228 g/mol. The predicted octanol–water partition coefficient (Wildman–Crippen LogP) is 0.409. The summed E-state index contributed by atoms with van der Waals surface area (Å²) in [5.41, 5.74) is 0. The minimum atomic E-state index is 0.201. The van der Waals surface area contributed by atoms with Gasteiger partial charge in [-0.15, -0.1) is 0 Å². The number of hydrogen-bond acceptors (Lipinski definition) is 3. The maximum absolute atomic E-state index is 5.10. The van der Waals surface area contributed by atoms with Crippen molar-refractivity contribution in [1.29, 1.82) is 0 Å². The summed E-state index contributed by atoms with van der Waals surface area (Å²) >= 11 is 5.10. The van der Waals surface area contributed by atoms with Crippen LogP contribution >= 0.6 is 12.2 Å². The fourth-order valence-electron chi connectivity index (χ4n) is 1.13. The van der Waals surface area contributed by atoms with E-state index in [2.05, 4.69) is 20.6 Å². The first-order chi connectivity index (χ1) is 7.22. The molecule has 0 saturated heterocycles. The van der Waals surface area contributed by atoms with Gasteiger partial charge >= 0.3 is 0 Å². The molecule has 1 rings (SSSR count). The molecule has 6 heteroatoms. The normalized spacial score (nSPS) is 12.1. The Labute approximate surface area is 94.6 Å². The molecule has 5 nitrogen and oxygen atoms in total. The number of aromatic nitrogens is 2. The van der Waals surface area contributed by atoms with E-state index in [-0.39, 0.29) is 6.04 Å². The Morgan fingerprint density at radius 1 is 1.73 bits per heavy atom. The first-order valence-corrected chi connectivity index (χ1v) is 5.14. The summed E-state index contributed by atoms with van der Waals surface area (Å²) in [7, 11) is 1.66. The number of imidazole rings is 1. The SMILES string of the molecule is COCC(C)NC(=S)NCc1ncc[nH]1. The third-order valence-corrected chi connectivity index (χ3v) is 2.03. The van der Waals surface area contributed by atoms with E-state index in [0.717, 1.165) is 5.82 Å². The molecule has 3 N–H and O–H groups in total. The molecular weight excluding hydrogens is 212 g/mol. The molecule has 0 aliphatic carbocycles. The molecule has 0 aromatic carbocycles. The van der Waals surface area contributed by atoms with E-state index >= 15 is 0 Å². The molecule has 84 valence electrons. The quantitative estimate of drug-likeness (QED) is 0.637. The molecule has 0 fully saturated rings. The molecule has 0 spiro atoms. The third kappa shape index (κ3) is 4.75. The number of hydrogen-bond donors (Lipinski definition) is 3. The van der Waals surface area contributed by atoms with Crippen molar-refractivity contribution in [2.24, 2.45) is 0 Å². The van der Waals surface area contributed by atoms with E-state index in [1.165, 1.54) is 0 Å². The number of rotatable bonds is 5. The Morgan fingerprint density at radius 2 is 2.53 bits per heavy atom. The molecule has 1 heterocycles. The van der Waals surface area contributed by atoms with Gasteiger partial charge in [-0.1, -0.05) is 0 Å². The van der Waals surface area contributed by atoms with E-state index in [1.807, 2.05) is 6.92 Å². The van der Waals surface area contributed by atoms with Gasteiger partial charge in [0.05, 0.1) is 13.2 Å². The van der Waals surface area contributed by atoms with Gasteiger partial charge in [0.2, 0.25) is 0 Å². The molecule has 1 aromatic heterocycles. The highest BCUT2D eigenvalue weighted by atomic mass is 32.1. The first-order valence-electron chi connectivity index (χ1n) is 4.74. The zero-order chi connectivity index (χ0) is 11.1. The molecule has 0 bridgehead atoms. The van der Waals surface area contributed by atoms with Crippen molar-refractivity contribution in [2.75, 3.05) is 13.7 Å². The molecule has 0 aliphatic heterocycles. The van der Waals surface area contributed by atoms with Crippen molar-refractivity contribution in [3.8, 4) is 0 Å². The Bertz CT molecular complexity index is 288. The number of aromatic amines is 1. The number of thiocarbonyl (C=S) groups is 1. The number of nitrogens with zero attached hydrogens (tertiary/aromatic N) is 1. The van der Waals surface area contributed by atoms with E-state index < -0.39 is 0 Å². The summed E-state index contributed by atoms with van der Waals surface area (Å²) < 4.78 is 4.99. The van der Waals surface area contributed by atoms with Crippen molar-refractivity contribution >= 4 is 17.3 Å². The van der Waals surface area contributed by atoms with E-state index in [1.54, 1.807) is 19.5 Å². The molecule has 0 aliphatic rings. The Balaban J connectivity index is 2.19. The molecule has 0 saturated carbocycles. The lowest BCUT2D eigenvalue weighted by atomic mass is 10.4. The van der Waals surface area contributed by atoms with Crippen LogP contribution < -0.4 is 10.6 Å². The highest BCUT2D eigenvalue weighted by molar-refractivity contribution is 7.80. The van der Waals surface area contributed by atoms with Crippen molar-refractivity contribution in [1.82, 2.24) is 20.6 Å². The zero-order valence-electron chi connectivity index (χ0n) is 8.91. The monoisotopic (exact) mass is 228 g/mol. The van der Waals surface area contributed by atoms with Crippen molar-refractivity contribution in [3.63, 3.8) is 0 Å². The highest BCUT2D eigenvalue weighted by Crippen LogP contribution is 1.87. The number of H-pyrrole nitrogens is 1. The first kappa shape index (κ1) is 11.9. The van der Waals surface area contributed by atoms with E-state index in [4.69, 9.17) is 17.0 Å². The van der Waals surface area contributed by atoms with Crippen LogP contribution in [0.1, 0.15) is 12.7 Å².